The summed E-state index contributed by atoms with van der Waals surface area (Å²) in [6.07, 6.45) is 0.566. The quantitative estimate of drug-likeness (QED) is 0.408. The monoisotopic (exact) mass is 619 g/mol. The molecular formula is C31H33ClF3N3O5. The molecule has 1 amide bonds. The Hall–Kier alpha value is -3.18. The van der Waals surface area contributed by atoms with Crippen molar-refractivity contribution in [3.63, 3.8) is 0 Å². The first-order chi connectivity index (χ1) is 20.4. The van der Waals surface area contributed by atoms with Crippen molar-refractivity contribution in [2.45, 2.75) is 94.4 Å². The van der Waals surface area contributed by atoms with Crippen LogP contribution in [-0.4, -0.2) is 56.1 Å². The summed E-state index contributed by atoms with van der Waals surface area (Å²) in [4.78, 5) is 39.0. The highest BCUT2D eigenvalue weighted by atomic mass is 35.5. The van der Waals surface area contributed by atoms with Crippen molar-refractivity contribution in [3.8, 4) is 0 Å². The van der Waals surface area contributed by atoms with Crippen LogP contribution in [0.3, 0.4) is 0 Å². The molecule has 0 aliphatic heterocycles. The summed E-state index contributed by atoms with van der Waals surface area (Å²) in [5, 5.41) is 27.1. The lowest BCUT2D eigenvalue weighted by Crippen LogP contribution is -2.44. The first-order valence-electron chi connectivity index (χ1n) is 14.8. The first-order valence-corrected chi connectivity index (χ1v) is 15.2. The van der Waals surface area contributed by atoms with Gasteiger partial charge in [-0.2, -0.15) is 23.0 Å². The van der Waals surface area contributed by atoms with E-state index in [4.69, 9.17) is 11.6 Å². The molecule has 4 aliphatic carbocycles. The molecule has 0 spiro atoms. The van der Waals surface area contributed by atoms with E-state index in [0.717, 1.165) is 22.2 Å². The van der Waals surface area contributed by atoms with Gasteiger partial charge in [0.1, 0.15) is 0 Å². The molecule has 12 heteroatoms. The number of halogens is 4. The number of hydrogen-bond donors (Lipinski definition) is 3. The smallest absolute Gasteiger partial charge is 0.398 e. The number of carboxylic acids is 1. The normalized spacial score (nSPS) is 26.4. The number of allylic oxidation sites excluding steroid dienone is 2. The van der Waals surface area contributed by atoms with Crippen molar-refractivity contribution in [1.29, 1.82) is 0 Å². The number of nitrogens with one attached hydrogen (secondary N) is 1. The second-order valence-corrected chi connectivity index (χ2v) is 12.7. The molecule has 3 unspecified atom stereocenters. The zero-order valence-electron chi connectivity index (χ0n) is 23.4. The van der Waals surface area contributed by atoms with Gasteiger partial charge in [-0.25, -0.2) is 0 Å². The number of alkyl halides is 3. The molecule has 2 aromatic rings. The average Bonchev–Trinajstić information content (AvgIpc) is 3.59. The molecule has 1 aromatic heterocycles. The number of aliphatic hydroxyl groups excluding tert-OH is 1. The molecule has 1 heterocycles. The Morgan fingerprint density at radius 1 is 1.07 bits per heavy atom. The Labute approximate surface area is 251 Å². The largest absolute Gasteiger partial charge is 0.481 e. The average molecular weight is 620 g/mol. The van der Waals surface area contributed by atoms with Crippen molar-refractivity contribution in [3.05, 3.63) is 57.4 Å². The van der Waals surface area contributed by atoms with Crippen LogP contribution in [0.5, 0.6) is 0 Å². The summed E-state index contributed by atoms with van der Waals surface area (Å²) in [5.41, 5.74) is -0.0918. The Bertz CT molecular complexity index is 1510. The second-order valence-electron chi connectivity index (χ2n) is 12.3. The van der Waals surface area contributed by atoms with E-state index >= 15 is 0 Å². The van der Waals surface area contributed by atoms with Gasteiger partial charge >= 0.3 is 12.1 Å². The number of fused-ring (bicyclic) bond motifs is 1. The third-order valence-electron chi connectivity index (χ3n) is 9.74. The Morgan fingerprint density at radius 3 is 2.42 bits per heavy atom. The highest BCUT2D eigenvalue weighted by Crippen LogP contribution is 2.60. The van der Waals surface area contributed by atoms with E-state index in [2.05, 4.69) is 10.4 Å². The molecule has 8 nitrogen and oxygen atoms in total. The van der Waals surface area contributed by atoms with E-state index in [9.17, 15) is 37.8 Å². The lowest BCUT2D eigenvalue weighted by atomic mass is 9.82. The molecule has 2 saturated carbocycles. The van der Waals surface area contributed by atoms with Gasteiger partial charge in [0.05, 0.1) is 45.5 Å². The molecule has 4 atom stereocenters. The summed E-state index contributed by atoms with van der Waals surface area (Å²) in [6, 6.07) is 3.76. The molecule has 4 aliphatic rings. The molecule has 230 valence electrons. The van der Waals surface area contributed by atoms with Crippen LogP contribution in [0, 0.1) is 11.8 Å². The van der Waals surface area contributed by atoms with Gasteiger partial charge in [0.25, 0.3) is 5.91 Å². The fraction of sp³-hybridized carbons (Fsp3) is 0.548. The minimum atomic E-state index is -4.57. The van der Waals surface area contributed by atoms with E-state index in [1.807, 2.05) is 6.08 Å². The maximum absolute atomic E-state index is 14.2. The lowest BCUT2D eigenvalue weighted by Gasteiger charge is -2.26. The van der Waals surface area contributed by atoms with E-state index in [1.54, 1.807) is 0 Å². The number of carbonyl (C=O) groups excluding carboxylic acids is 2. The van der Waals surface area contributed by atoms with Gasteiger partial charge in [-0.1, -0.05) is 29.8 Å². The molecular weight excluding hydrogens is 587 g/mol. The predicted octanol–water partition coefficient (Wildman–Crippen LogP) is 5.22. The number of hydrogen-bond acceptors (Lipinski definition) is 5. The Kier molecular flexibility index (Phi) is 7.69. The van der Waals surface area contributed by atoms with E-state index in [0.29, 0.717) is 56.3 Å². The molecule has 2 fully saturated rings. The van der Waals surface area contributed by atoms with E-state index < -0.39 is 41.4 Å². The number of benzene rings is 1. The highest BCUT2D eigenvalue weighted by Gasteiger charge is 2.65. The standard InChI is InChI=1S/C31H33ClF3N3O5/c32-21-4-1-3-20(30(13-14-30)31(33,34)35)25(21)28(41)38-23-15-18(27(40)36-22-5-2-6-24(22)39)11-12-19(23)26(37-38)16-7-9-17(10-8-16)29(42)43/h1,3-4,7,17-18,22,24,39H,2,5-6,8-15H2,(H,36,40)(H,42,43)/t17?,18?,22-,24?/m0/s1. The highest BCUT2D eigenvalue weighted by molar-refractivity contribution is 6.34. The van der Waals surface area contributed by atoms with E-state index in [-0.39, 0.29) is 47.4 Å². The van der Waals surface area contributed by atoms with Crippen LogP contribution in [0.1, 0.15) is 90.7 Å². The van der Waals surface area contributed by atoms with Crippen LogP contribution < -0.4 is 5.32 Å². The van der Waals surface area contributed by atoms with Crippen molar-refractivity contribution >= 4 is 35.0 Å². The number of aromatic nitrogens is 2. The zero-order valence-corrected chi connectivity index (χ0v) is 24.2. The summed E-state index contributed by atoms with van der Waals surface area (Å²) in [7, 11) is 0. The van der Waals surface area contributed by atoms with Gasteiger partial charge in [0.2, 0.25) is 5.91 Å². The fourth-order valence-corrected chi connectivity index (χ4v) is 7.28. The van der Waals surface area contributed by atoms with Crippen LogP contribution in [0.2, 0.25) is 5.02 Å². The maximum Gasteiger partial charge on any atom is 0.398 e. The molecule has 0 radical (unpaired) electrons. The summed E-state index contributed by atoms with van der Waals surface area (Å²) in [6.45, 7) is 0. The number of amides is 1. The van der Waals surface area contributed by atoms with E-state index in [1.165, 1.54) is 18.2 Å². The molecule has 0 saturated heterocycles. The fourth-order valence-electron chi connectivity index (χ4n) is 7.02. The second kappa shape index (κ2) is 11.1. The summed E-state index contributed by atoms with van der Waals surface area (Å²) in [5.74, 6) is -2.96. The van der Waals surface area contributed by atoms with Crippen LogP contribution in [0.25, 0.3) is 5.57 Å². The third-order valence-corrected chi connectivity index (χ3v) is 10.1. The number of aliphatic carboxylic acids is 1. The van der Waals surface area contributed by atoms with Crippen LogP contribution >= 0.6 is 11.6 Å². The van der Waals surface area contributed by atoms with Crippen molar-refractivity contribution in [2.75, 3.05) is 0 Å². The van der Waals surface area contributed by atoms with Crippen molar-refractivity contribution < 1.29 is 37.8 Å². The molecule has 1 aromatic carbocycles. The maximum atomic E-state index is 14.2. The minimum Gasteiger partial charge on any atom is -0.481 e. The van der Waals surface area contributed by atoms with Gasteiger partial charge < -0.3 is 15.5 Å². The lowest BCUT2D eigenvalue weighted by molar-refractivity contribution is -0.160. The molecule has 3 N–H and O–H groups in total. The van der Waals surface area contributed by atoms with Crippen LogP contribution in [0.15, 0.2) is 24.3 Å². The van der Waals surface area contributed by atoms with Crippen molar-refractivity contribution in [2.24, 2.45) is 11.8 Å². The number of aliphatic hydroxyl groups is 1. The van der Waals surface area contributed by atoms with Crippen molar-refractivity contribution in [1.82, 2.24) is 15.1 Å². The minimum absolute atomic E-state index is 0.106. The third kappa shape index (κ3) is 5.28. The van der Waals surface area contributed by atoms with Gasteiger partial charge in [-0.15, -0.1) is 0 Å². The molecule has 43 heavy (non-hydrogen) atoms. The van der Waals surface area contributed by atoms with Crippen LogP contribution in [-0.2, 0) is 27.8 Å². The predicted molar refractivity (Wildman–Crippen MR) is 151 cm³/mol. The number of carboxylic acid groups (broad SMARTS) is 1. The first kappa shape index (κ1) is 29.9. The number of carbonyl (C=O) groups is 3. The Balaban J connectivity index is 1.40. The summed E-state index contributed by atoms with van der Waals surface area (Å²) >= 11 is 6.45. The summed E-state index contributed by atoms with van der Waals surface area (Å²) < 4.78 is 43.8. The van der Waals surface area contributed by atoms with Gasteiger partial charge in [0, 0.05) is 17.9 Å². The van der Waals surface area contributed by atoms with Crippen LogP contribution in [0.4, 0.5) is 13.2 Å². The topological polar surface area (TPSA) is 122 Å². The Morgan fingerprint density at radius 2 is 1.81 bits per heavy atom. The molecule has 6 rings (SSSR count). The zero-order chi connectivity index (χ0) is 30.7. The van der Waals surface area contributed by atoms with Gasteiger partial charge in [-0.05, 0) is 81.4 Å². The SMILES string of the molecule is O=C(O)C1CC=C(c2nn(C(=O)c3c(Cl)cccc3C3(C(F)(F)F)CC3)c3c2CCC(C(=O)N[C@H]2CCCC2O)C3)CC1. The number of nitrogens with zero attached hydrogens (tertiary/aromatic N) is 2. The number of rotatable bonds is 6. The molecule has 0 bridgehead atoms. The van der Waals surface area contributed by atoms with Gasteiger partial charge in [0.15, 0.2) is 0 Å². The van der Waals surface area contributed by atoms with Gasteiger partial charge in [-0.3, -0.25) is 14.4 Å².